The molecule has 32 heavy (non-hydrogen) atoms. The van der Waals surface area contributed by atoms with Crippen LogP contribution in [0.5, 0.6) is 5.75 Å². The van der Waals surface area contributed by atoms with E-state index >= 15 is 0 Å². The number of nitrogens with one attached hydrogen (secondary N) is 2. The number of ether oxygens (including phenoxy) is 1. The maximum absolute atomic E-state index is 13.0. The molecule has 0 radical (unpaired) electrons. The third-order valence-electron chi connectivity index (χ3n) is 5.17. The number of carbonyl (C=O) groups excluding carboxylic acids is 2. The smallest absolute Gasteiger partial charge is 0.281 e. The van der Waals surface area contributed by atoms with Gasteiger partial charge in [0.1, 0.15) is 16.9 Å². The van der Waals surface area contributed by atoms with E-state index in [9.17, 15) is 14.4 Å². The summed E-state index contributed by atoms with van der Waals surface area (Å²) in [6, 6.07) is 14.8. The van der Waals surface area contributed by atoms with E-state index in [1.165, 1.54) is 17.7 Å². The number of thiophene rings is 1. The van der Waals surface area contributed by atoms with Gasteiger partial charge in [-0.2, -0.15) is 0 Å². The van der Waals surface area contributed by atoms with Gasteiger partial charge in [0.15, 0.2) is 6.61 Å². The molecule has 160 valence electrons. The standard InChI is InChI=1S/C23H18N4O4S/c28-19-9-6-15-10-16(7-8-18(15)25-19)31-11-20(29)26-27-13-24-22-21(23(27)30)17(12-32-22)14-4-2-1-3-5-14/h1-5,7-8,10,12-13H,6,9,11H2,(H,25,28)(H,26,29). The summed E-state index contributed by atoms with van der Waals surface area (Å²) in [5.74, 6) is 0.0125. The fourth-order valence-electron chi connectivity index (χ4n) is 3.61. The zero-order valence-corrected chi connectivity index (χ0v) is 17.6. The van der Waals surface area contributed by atoms with Crippen LogP contribution in [0.15, 0.2) is 65.0 Å². The van der Waals surface area contributed by atoms with E-state index in [1.807, 2.05) is 35.7 Å². The Morgan fingerprint density at radius 2 is 2.00 bits per heavy atom. The van der Waals surface area contributed by atoms with Crippen LogP contribution in [0.4, 0.5) is 5.69 Å². The van der Waals surface area contributed by atoms with Gasteiger partial charge in [-0.15, -0.1) is 11.3 Å². The molecule has 9 heteroatoms. The molecule has 1 aliphatic rings. The highest BCUT2D eigenvalue weighted by atomic mass is 32.1. The van der Waals surface area contributed by atoms with Crippen LogP contribution in [0.25, 0.3) is 21.3 Å². The lowest BCUT2D eigenvalue weighted by Gasteiger charge is -2.17. The average molecular weight is 446 g/mol. The Bertz CT molecular complexity index is 1390. The van der Waals surface area contributed by atoms with Gasteiger partial charge < -0.3 is 10.1 Å². The molecule has 0 fully saturated rings. The minimum atomic E-state index is -0.490. The summed E-state index contributed by atoms with van der Waals surface area (Å²) in [6.07, 6.45) is 2.34. The lowest BCUT2D eigenvalue weighted by Crippen LogP contribution is -2.35. The number of anilines is 1. The predicted molar refractivity (Wildman–Crippen MR) is 123 cm³/mol. The van der Waals surface area contributed by atoms with Gasteiger partial charge in [0.2, 0.25) is 5.91 Å². The van der Waals surface area contributed by atoms with Crippen LogP contribution in [0.2, 0.25) is 0 Å². The van der Waals surface area contributed by atoms with Crippen molar-refractivity contribution in [2.75, 3.05) is 17.3 Å². The number of hydrogen-bond acceptors (Lipinski definition) is 6. The quantitative estimate of drug-likeness (QED) is 0.490. The Kier molecular flexibility index (Phi) is 5.16. The molecule has 0 saturated heterocycles. The molecule has 0 atom stereocenters. The summed E-state index contributed by atoms with van der Waals surface area (Å²) in [5.41, 5.74) is 5.59. The second kappa shape index (κ2) is 8.27. The van der Waals surface area contributed by atoms with Crippen molar-refractivity contribution in [1.29, 1.82) is 0 Å². The molecule has 3 heterocycles. The minimum absolute atomic E-state index is 0.0115. The van der Waals surface area contributed by atoms with Crippen LogP contribution in [-0.2, 0) is 16.0 Å². The first-order valence-corrected chi connectivity index (χ1v) is 10.9. The highest BCUT2D eigenvalue weighted by molar-refractivity contribution is 7.17. The van der Waals surface area contributed by atoms with Crippen molar-refractivity contribution in [3.05, 3.63) is 76.2 Å². The van der Waals surface area contributed by atoms with E-state index in [1.54, 1.807) is 18.2 Å². The van der Waals surface area contributed by atoms with Crippen molar-refractivity contribution in [2.24, 2.45) is 0 Å². The Balaban J connectivity index is 1.31. The topological polar surface area (TPSA) is 102 Å². The van der Waals surface area contributed by atoms with Crippen molar-refractivity contribution in [3.8, 4) is 16.9 Å². The molecule has 5 rings (SSSR count). The van der Waals surface area contributed by atoms with Crippen molar-refractivity contribution in [2.45, 2.75) is 12.8 Å². The fraction of sp³-hybridized carbons (Fsp3) is 0.130. The summed E-state index contributed by atoms with van der Waals surface area (Å²) in [4.78, 5) is 41.8. The molecular formula is C23H18N4O4S. The van der Waals surface area contributed by atoms with E-state index in [4.69, 9.17) is 4.74 Å². The Morgan fingerprint density at radius 1 is 1.16 bits per heavy atom. The molecule has 0 spiro atoms. The van der Waals surface area contributed by atoms with E-state index in [0.29, 0.717) is 28.8 Å². The molecule has 0 saturated carbocycles. The first-order chi connectivity index (χ1) is 15.6. The van der Waals surface area contributed by atoms with Crippen LogP contribution < -0.4 is 21.0 Å². The lowest BCUT2D eigenvalue weighted by atomic mass is 10.0. The Hall–Kier alpha value is -3.98. The number of amides is 2. The van der Waals surface area contributed by atoms with Gasteiger partial charge in [-0.1, -0.05) is 30.3 Å². The van der Waals surface area contributed by atoms with E-state index in [2.05, 4.69) is 15.7 Å². The molecule has 0 bridgehead atoms. The van der Waals surface area contributed by atoms with Gasteiger partial charge in [-0.3, -0.25) is 19.8 Å². The zero-order valence-electron chi connectivity index (χ0n) is 16.8. The number of benzene rings is 2. The maximum Gasteiger partial charge on any atom is 0.281 e. The summed E-state index contributed by atoms with van der Waals surface area (Å²) in [7, 11) is 0. The summed E-state index contributed by atoms with van der Waals surface area (Å²) >= 11 is 1.38. The number of hydrogen-bond donors (Lipinski definition) is 2. The largest absolute Gasteiger partial charge is 0.484 e. The van der Waals surface area contributed by atoms with Gasteiger partial charge in [0.05, 0.1) is 5.39 Å². The Labute approximate surface area is 186 Å². The van der Waals surface area contributed by atoms with Crippen molar-refractivity contribution >= 4 is 39.1 Å². The monoisotopic (exact) mass is 446 g/mol. The third-order valence-corrected chi connectivity index (χ3v) is 6.05. The molecule has 2 aromatic carbocycles. The summed E-state index contributed by atoms with van der Waals surface area (Å²) < 4.78 is 6.66. The normalized spacial score (nSPS) is 12.8. The molecule has 0 aliphatic carbocycles. The molecule has 8 nitrogen and oxygen atoms in total. The molecule has 4 aromatic rings. The second-order valence-corrected chi connectivity index (χ2v) is 8.16. The zero-order chi connectivity index (χ0) is 22.1. The van der Waals surface area contributed by atoms with Gasteiger partial charge >= 0.3 is 0 Å². The van der Waals surface area contributed by atoms with Gasteiger partial charge in [0, 0.05) is 23.1 Å². The van der Waals surface area contributed by atoms with Crippen LogP contribution in [0.3, 0.4) is 0 Å². The van der Waals surface area contributed by atoms with E-state index < -0.39 is 5.91 Å². The van der Waals surface area contributed by atoms with Gasteiger partial charge in [0.25, 0.3) is 11.5 Å². The maximum atomic E-state index is 13.0. The van der Waals surface area contributed by atoms with Crippen LogP contribution in [0, 0.1) is 0 Å². The van der Waals surface area contributed by atoms with Crippen molar-refractivity contribution in [3.63, 3.8) is 0 Å². The number of nitrogens with zero attached hydrogens (tertiary/aromatic N) is 2. The second-order valence-electron chi connectivity index (χ2n) is 7.31. The fourth-order valence-corrected chi connectivity index (χ4v) is 4.51. The number of aromatic nitrogens is 2. The van der Waals surface area contributed by atoms with Crippen molar-refractivity contribution < 1.29 is 14.3 Å². The number of aryl methyl sites for hydroxylation is 1. The van der Waals surface area contributed by atoms with Crippen molar-refractivity contribution in [1.82, 2.24) is 9.66 Å². The highest BCUT2D eigenvalue weighted by Crippen LogP contribution is 2.30. The molecule has 0 unspecified atom stereocenters. The molecular weight excluding hydrogens is 428 g/mol. The van der Waals surface area contributed by atoms with Gasteiger partial charge in [-0.05, 0) is 35.7 Å². The molecule has 1 aliphatic heterocycles. The highest BCUT2D eigenvalue weighted by Gasteiger charge is 2.16. The molecule has 2 aromatic heterocycles. The first kappa shape index (κ1) is 20.0. The average Bonchev–Trinajstić information content (AvgIpc) is 3.25. The van der Waals surface area contributed by atoms with E-state index in [0.717, 1.165) is 27.1 Å². The third kappa shape index (κ3) is 3.85. The Morgan fingerprint density at radius 3 is 2.84 bits per heavy atom. The number of rotatable bonds is 5. The molecule has 2 N–H and O–H groups in total. The summed E-state index contributed by atoms with van der Waals surface area (Å²) in [5, 5.41) is 5.15. The van der Waals surface area contributed by atoms with Crippen LogP contribution in [0.1, 0.15) is 12.0 Å². The SMILES string of the molecule is O=C1CCc2cc(OCC(=O)Nn3cnc4scc(-c5ccccc5)c4c3=O)ccc2N1. The summed E-state index contributed by atoms with van der Waals surface area (Å²) in [6.45, 7) is -0.273. The number of fused-ring (bicyclic) bond motifs is 2. The van der Waals surface area contributed by atoms with Crippen LogP contribution in [-0.4, -0.2) is 28.1 Å². The first-order valence-electron chi connectivity index (χ1n) is 9.98. The van der Waals surface area contributed by atoms with Gasteiger partial charge in [-0.25, -0.2) is 9.66 Å². The van der Waals surface area contributed by atoms with Crippen LogP contribution >= 0.6 is 11.3 Å². The lowest BCUT2D eigenvalue weighted by molar-refractivity contribution is -0.119. The number of carbonyl (C=O) groups is 2. The predicted octanol–water partition coefficient (Wildman–Crippen LogP) is 3.16. The molecule has 2 amide bonds. The van der Waals surface area contributed by atoms with E-state index in [-0.39, 0.29) is 18.1 Å². The minimum Gasteiger partial charge on any atom is -0.484 e.